The van der Waals surface area contributed by atoms with Crippen LogP contribution in [0.3, 0.4) is 0 Å². The van der Waals surface area contributed by atoms with E-state index < -0.39 is 0 Å². The first-order valence-corrected chi connectivity index (χ1v) is 8.19. The predicted octanol–water partition coefficient (Wildman–Crippen LogP) is 4.79. The minimum atomic E-state index is 0.466. The van der Waals surface area contributed by atoms with Crippen LogP contribution >= 0.6 is 12.6 Å². The van der Waals surface area contributed by atoms with Gasteiger partial charge in [0.05, 0.1) is 19.1 Å². The Hall–Kier alpha value is -1.14. The molecule has 0 atom stereocenters. The Balaban J connectivity index is 1.99. The predicted molar refractivity (Wildman–Crippen MR) is 87.4 cm³/mol. The van der Waals surface area contributed by atoms with Crippen LogP contribution in [0.4, 0.5) is 0 Å². The van der Waals surface area contributed by atoms with Gasteiger partial charge in [-0.15, -0.1) is 0 Å². The number of thiol groups is 1. The molecule has 0 unspecified atom stereocenters. The molecule has 1 aromatic rings. The van der Waals surface area contributed by atoms with Crippen LogP contribution in [0.2, 0.25) is 0 Å². The minimum absolute atomic E-state index is 0.466. The number of hydrogen-bond acceptors (Lipinski definition) is 3. The lowest BCUT2D eigenvalue weighted by atomic mass is 10.1. The molecule has 0 spiro atoms. The zero-order valence-corrected chi connectivity index (χ0v) is 13.1. The second-order valence-corrected chi connectivity index (χ2v) is 5.47. The summed E-state index contributed by atoms with van der Waals surface area (Å²) < 4.78 is 5.69. The minimum Gasteiger partial charge on any atom is -0.494 e. The van der Waals surface area contributed by atoms with Crippen LogP contribution in [-0.2, 0) is 6.42 Å². The van der Waals surface area contributed by atoms with Crippen LogP contribution in [0.5, 0.6) is 5.75 Å². The fraction of sp³-hybridized carbons (Fsp3) is 0.588. The van der Waals surface area contributed by atoms with Crippen molar-refractivity contribution < 1.29 is 4.74 Å². The summed E-state index contributed by atoms with van der Waals surface area (Å²) in [5.74, 6) is 1.92. The van der Waals surface area contributed by atoms with Gasteiger partial charge >= 0.3 is 0 Å². The third-order valence-corrected chi connectivity index (χ3v) is 3.59. The lowest BCUT2D eigenvalue weighted by molar-refractivity contribution is 0.304. The summed E-state index contributed by atoms with van der Waals surface area (Å²) in [6, 6.07) is 9.96. The van der Waals surface area contributed by atoms with E-state index in [2.05, 4.69) is 18.7 Å². The number of rotatable bonds is 11. The first-order valence-electron chi connectivity index (χ1n) is 7.56. The molecule has 1 aromatic carbocycles. The van der Waals surface area contributed by atoms with Gasteiger partial charge in [-0.05, 0) is 36.3 Å². The number of ether oxygens (including phenoxy) is 1. The van der Waals surface area contributed by atoms with Gasteiger partial charge in [0.1, 0.15) is 5.75 Å². The smallest absolute Gasteiger partial charge is 0.119 e. The summed E-state index contributed by atoms with van der Waals surface area (Å²) in [6.07, 6.45) is 9.35. The van der Waals surface area contributed by atoms with E-state index in [-0.39, 0.29) is 0 Å². The molecule has 1 rings (SSSR count). The van der Waals surface area contributed by atoms with Gasteiger partial charge in [0.25, 0.3) is 0 Å². The van der Waals surface area contributed by atoms with E-state index in [1.807, 2.05) is 24.3 Å². The highest BCUT2D eigenvalue weighted by Crippen LogP contribution is 2.13. The molecule has 20 heavy (non-hydrogen) atoms. The maximum atomic E-state index is 8.60. The van der Waals surface area contributed by atoms with Gasteiger partial charge in [-0.1, -0.05) is 44.2 Å². The molecule has 0 saturated heterocycles. The average molecular weight is 291 g/mol. The number of unbranched alkanes of at least 4 members (excludes halogenated alkanes) is 6. The summed E-state index contributed by atoms with van der Waals surface area (Å²) in [4.78, 5) is 0. The van der Waals surface area contributed by atoms with Gasteiger partial charge in [0.2, 0.25) is 0 Å². The van der Waals surface area contributed by atoms with Crippen molar-refractivity contribution in [3.8, 4) is 11.8 Å². The highest BCUT2D eigenvalue weighted by molar-refractivity contribution is 7.80. The summed E-state index contributed by atoms with van der Waals surface area (Å²) in [5.41, 5.74) is 1.04. The second-order valence-electron chi connectivity index (χ2n) is 5.03. The van der Waals surface area contributed by atoms with Crippen molar-refractivity contribution in [3.05, 3.63) is 29.8 Å². The molecular formula is C17H25NOS. The summed E-state index contributed by atoms with van der Waals surface area (Å²) >= 11 is 4.21. The lowest BCUT2D eigenvalue weighted by Gasteiger charge is -2.06. The Morgan fingerprint density at radius 2 is 1.50 bits per heavy atom. The molecule has 110 valence electrons. The fourth-order valence-corrected chi connectivity index (χ4v) is 2.31. The molecule has 0 bridgehead atoms. The van der Waals surface area contributed by atoms with Crippen molar-refractivity contribution in [2.75, 3.05) is 12.4 Å². The molecule has 0 aromatic heterocycles. The van der Waals surface area contributed by atoms with Crippen molar-refractivity contribution in [3.63, 3.8) is 0 Å². The quantitative estimate of drug-likeness (QED) is 0.469. The number of nitrogens with zero attached hydrogens (tertiary/aromatic N) is 1. The van der Waals surface area contributed by atoms with E-state index in [4.69, 9.17) is 10.00 Å². The maximum Gasteiger partial charge on any atom is 0.119 e. The van der Waals surface area contributed by atoms with Crippen molar-refractivity contribution >= 4 is 12.6 Å². The monoisotopic (exact) mass is 291 g/mol. The number of benzene rings is 1. The van der Waals surface area contributed by atoms with Crippen LogP contribution in [-0.4, -0.2) is 12.4 Å². The van der Waals surface area contributed by atoms with Crippen LogP contribution < -0.4 is 4.74 Å². The Kier molecular flexibility index (Phi) is 9.87. The van der Waals surface area contributed by atoms with E-state index in [0.717, 1.165) is 30.1 Å². The zero-order valence-electron chi connectivity index (χ0n) is 12.2. The van der Waals surface area contributed by atoms with Crippen LogP contribution in [0, 0.1) is 11.3 Å². The SMILES string of the molecule is N#CCc1ccc(OCCCCCCCCCS)cc1. The first kappa shape index (κ1) is 16.9. The summed E-state index contributed by atoms with van der Waals surface area (Å²) in [5, 5.41) is 8.60. The molecule has 0 aliphatic carbocycles. The van der Waals surface area contributed by atoms with Crippen LogP contribution in [0.1, 0.15) is 50.5 Å². The standard InChI is InChI=1S/C17H25NOS/c18-13-12-16-8-10-17(11-9-16)19-14-6-4-2-1-3-5-7-15-20/h8-11,20H,1-7,12,14-15H2. The Labute approximate surface area is 128 Å². The van der Waals surface area contributed by atoms with Gasteiger partial charge in [-0.25, -0.2) is 0 Å². The average Bonchev–Trinajstić information content (AvgIpc) is 2.47. The number of hydrogen-bond donors (Lipinski definition) is 1. The Bertz CT molecular complexity index is 383. The van der Waals surface area contributed by atoms with Gasteiger partial charge in [-0.2, -0.15) is 17.9 Å². The lowest BCUT2D eigenvalue weighted by Crippen LogP contribution is -1.97. The zero-order chi connectivity index (χ0) is 14.5. The number of nitriles is 1. The van der Waals surface area contributed by atoms with Crippen LogP contribution in [0.15, 0.2) is 24.3 Å². The Morgan fingerprint density at radius 3 is 2.10 bits per heavy atom. The molecule has 3 heteroatoms. The van der Waals surface area contributed by atoms with E-state index in [9.17, 15) is 0 Å². The third kappa shape index (κ3) is 8.12. The van der Waals surface area contributed by atoms with Crippen molar-refractivity contribution in [2.24, 2.45) is 0 Å². The van der Waals surface area contributed by atoms with Crippen molar-refractivity contribution in [1.82, 2.24) is 0 Å². The van der Waals surface area contributed by atoms with Crippen molar-refractivity contribution in [1.29, 1.82) is 5.26 Å². The van der Waals surface area contributed by atoms with Crippen LogP contribution in [0.25, 0.3) is 0 Å². The molecule has 0 aliphatic rings. The van der Waals surface area contributed by atoms with Gasteiger partial charge < -0.3 is 4.74 Å². The second kappa shape index (κ2) is 11.7. The van der Waals surface area contributed by atoms with E-state index in [0.29, 0.717) is 6.42 Å². The van der Waals surface area contributed by atoms with Gasteiger partial charge in [0.15, 0.2) is 0 Å². The molecule has 0 fully saturated rings. The summed E-state index contributed by atoms with van der Waals surface area (Å²) in [6.45, 7) is 0.786. The topological polar surface area (TPSA) is 33.0 Å². The van der Waals surface area contributed by atoms with E-state index in [1.165, 1.54) is 38.5 Å². The largest absolute Gasteiger partial charge is 0.494 e. The molecule has 0 N–H and O–H groups in total. The third-order valence-electron chi connectivity index (χ3n) is 3.28. The maximum absolute atomic E-state index is 8.60. The van der Waals surface area contributed by atoms with Gasteiger partial charge in [0, 0.05) is 0 Å². The highest BCUT2D eigenvalue weighted by Gasteiger charge is 1.96. The molecule has 0 aliphatic heterocycles. The molecular weight excluding hydrogens is 266 g/mol. The fourth-order valence-electron chi connectivity index (χ4n) is 2.08. The van der Waals surface area contributed by atoms with Crippen molar-refractivity contribution in [2.45, 2.75) is 51.4 Å². The molecule has 0 amide bonds. The van der Waals surface area contributed by atoms with E-state index >= 15 is 0 Å². The molecule has 0 saturated carbocycles. The molecule has 0 heterocycles. The normalized spacial score (nSPS) is 10.2. The molecule has 0 radical (unpaired) electrons. The molecule has 2 nitrogen and oxygen atoms in total. The first-order chi connectivity index (χ1) is 9.86. The van der Waals surface area contributed by atoms with E-state index in [1.54, 1.807) is 0 Å². The van der Waals surface area contributed by atoms with Gasteiger partial charge in [-0.3, -0.25) is 0 Å². The Morgan fingerprint density at radius 1 is 0.900 bits per heavy atom. The summed E-state index contributed by atoms with van der Waals surface area (Å²) in [7, 11) is 0. The highest BCUT2D eigenvalue weighted by atomic mass is 32.1.